The van der Waals surface area contributed by atoms with E-state index in [1.807, 2.05) is 0 Å². The van der Waals surface area contributed by atoms with E-state index in [-0.39, 0.29) is 16.2 Å². The summed E-state index contributed by atoms with van der Waals surface area (Å²) in [6.07, 6.45) is 16.4. The lowest BCUT2D eigenvalue weighted by Crippen LogP contribution is -2.27. The van der Waals surface area contributed by atoms with Gasteiger partial charge >= 0.3 is 0 Å². The number of allylic oxidation sites excluding steroid dienone is 12. The van der Waals surface area contributed by atoms with E-state index in [0.717, 1.165) is 25.7 Å². The summed E-state index contributed by atoms with van der Waals surface area (Å²) >= 11 is 0. The molecule has 0 nitrogen and oxygen atoms in total. The predicted octanol–water partition coefficient (Wildman–Crippen LogP) is 13.1. The van der Waals surface area contributed by atoms with Gasteiger partial charge in [0.2, 0.25) is 0 Å². The smallest absolute Gasteiger partial charge is 0.0158 e. The van der Waals surface area contributed by atoms with Gasteiger partial charge in [0, 0.05) is 16.2 Å². The predicted molar refractivity (Wildman–Crippen MR) is 209 cm³/mol. The van der Waals surface area contributed by atoms with Crippen molar-refractivity contribution in [3.63, 3.8) is 0 Å². The normalized spacial score (nSPS) is 22.0. The Labute approximate surface area is 292 Å². The zero-order valence-corrected chi connectivity index (χ0v) is 30.0. The summed E-state index contributed by atoms with van der Waals surface area (Å²) in [5, 5.41) is 2.69. The van der Waals surface area contributed by atoms with Crippen LogP contribution < -0.4 is 0 Å². The van der Waals surface area contributed by atoms with E-state index in [2.05, 4.69) is 139 Å². The minimum absolute atomic E-state index is 0.0184. The molecule has 0 N–H and O–H groups in total. The monoisotopic (exact) mass is 634 g/mol. The Morgan fingerprint density at radius 1 is 0.490 bits per heavy atom. The molecule has 6 aliphatic rings. The van der Waals surface area contributed by atoms with Crippen molar-refractivity contribution in [2.75, 3.05) is 0 Å². The molecule has 4 aromatic carbocycles. The number of fused-ring (bicyclic) bond motifs is 8. The van der Waals surface area contributed by atoms with Crippen LogP contribution in [0.2, 0.25) is 0 Å². The Balaban J connectivity index is 1.08. The largest absolute Gasteiger partial charge is 0.0842 e. The Kier molecular flexibility index (Phi) is 5.93. The SMILES string of the molecule is CC1(C)C2=C(CCC(C3=CC=CCC3)=C2)c2cc3c(cc21)C1=C(C2=C(CC1)c1cc4ccc(-c5ccccc5)cc4cc1C2(C)C)C3(C)C. The second-order valence-corrected chi connectivity index (χ2v) is 17.1. The summed E-state index contributed by atoms with van der Waals surface area (Å²) in [6.45, 7) is 15.0. The van der Waals surface area contributed by atoms with Crippen LogP contribution in [0.3, 0.4) is 0 Å². The molecule has 0 heteroatoms. The van der Waals surface area contributed by atoms with Crippen LogP contribution in [-0.2, 0) is 16.2 Å². The second kappa shape index (κ2) is 9.85. The minimum Gasteiger partial charge on any atom is -0.0842 e. The zero-order chi connectivity index (χ0) is 33.4. The van der Waals surface area contributed by atoms with Gasteiger partial charge in [0.15, 0.2) is 0 Å². The van der Waals surface area contributed by atoms with Crippen LogP contribution >= 0.6 is 0 Å². The molecule has 0 atom stereocenters. The quantitative estimate of drug-likeness (QED) is 0.206. The average Bonchev–Trinajstić information content (AvgIpc) is 3.59. The van der Waals surface area contributed by atoms with Crippen molar-refractivity contribution in [1.82, 2.24) is 0 Å². The van der Waals surface area contributed by atoms with Crippen molar-refractivity contribution >= 4 is 27.5 Å². The highest BCUT2D eigenvalue weighted by Crippen LogP contribution is 2.64. The number of benzene rings is 4. The van der Waals surface area contributed by atoms with Gasteiger partial charge in [-0.05, 0) is 169 Å². The fourth-order valence-electron chi connectivity index (χ4n) is 10.8. The van der Waals surface area contributed by atoms with Gasteiger partial charge in [0.25, 0.3) is 0 Å². The lowest BCUT2D eigenvalue weighted by molar-refractivity contribution is 0.578. The topological polar surface area (TPSA) is 0 Å². The molecule has 0 fully saturated rings. The van der Waals surface area contributed by atoms with E-state index >= 15 is 0 Å². The van der Waals surface area contributed by atoms with E-state index in [4.69, 9.17) is 0 Å². The molecule has 0 saturated heterocycles. The fraction of sp³-hybridized carbons (Fsp3) is 0.306. The molecule has 0 heterocycles. The first-order valence-corrected chi connectivity index (χ1v) is 18.7. The molecule has 6 aliphatic carbocycles. The molecule has 0 unspecified atom stereocenters. The fourth-order valence-corrected chi connectivity index (χ4v) is 10.8. The Hall–Kier alpha value is -4.42. The third-order valence-corrected chi connectivity index (χ3v) is 13.4. The van der Waals surface area contributed by atoms with Crippen molar-refractivity contribution in [3.8, 4) is 11.1 Å². The Bertz CT molecular complexity index is 2370. The van der Waals surface area contributed by atoms with Crippen molar-refractivity contribution in [1.29, 1.82) is 0 Å². The number of hydrogen-bond acceptors (Lipinski definition) is 0. The Morgan fingerprint density at radius 3 is 1.82 bits per heavy atom. The summed E-state index contributed by atoms with van der Waals surface area (Å²) in [7, 11) is 0. The van der Waals surface area contributed by atoms with E-state index in [1.54, 1.807) is 55.7 Å². The maximum Gasteiger partial charge on any atom is 0.0158 e. The van der Waals surface area contributed by atoms with Crippen molar-refractivity contribution in [2.24, 2.45) is 0 Å². The minimum atomic E-state index is -0.0484. The van der Waals surface area contributed by atoms with Crippen LogP contribution in [0.5, 0.6) is 0 Å². The molecule has 0 saturated carbocycles. The highest BCUT2D eigenvalue weighted by molar-refractivity contribution is 6.00. The number of hydrogen-bond donors (Lipinski definition) is 0. The van der Waals surface area contributed by atoms with Gasteiger partial charge in [-0.25, -0.2) is 0 Å². The van der Waals surface area contributed by atoms with Crippen LogP contribution in [0.25, 0.3) is 38.6 Å². The molecule has 4 aromatic rings. The highest BCUT2D eigenvalue weighted by atomic mass is 14.5. The number of rotatable bonds is 2. The van der Waals surface area contributed by atoms with Gasteiger partial charge in [-0.15, -0.1) is 0 Å². The molecule has 49 heavy (non-hydrogen) atoms. The van der Waals surface area contributed by atoms with Crippen molar-refractivity contribution < 1.29 is 0 Å². The third-order valence-electron chi connectivity index (χ3n) is 13.4. The first-order chi connectivity index (χ1) is 23.5. The average molecular weight is 635 g/mol. The van der Waals surface area contributed by atoms with Crippen LogP contribution in [0.1, 0.15) is 113 Å². The van der Waals surface area contributed by atoms with Crippen molar-refractivity contribution in [2.45, 2.75) is 96.3 Å². The van der Waals surface area contributed by atoms with Gasteiger partial charge in [0.1, 0.15) is 0 Å². The van der Waals surface area contributed by atoms with Gasteiger partial charge in [-0.1, -0.05) is 108 Å². The molecule has 0 aromatic heterocycles. The summed E-state index contributed by atoms with van der Waals surface area (Å²) in [6, 6.07) is 28.2. The molecule has 0 amide bonds. The molecule has 0 aliphatic heterocycles. The molecule has 0 spiro atoms. The summed E-state index contributed by atoms with van der Waals surface area (Å²) in [5.74, 6) is 0. The summed E-state index contributed by atoms with van der Waals surface area (Å²) < 4.78 is 0. The van der Waals surface area contributed by atoms with E-state index < -0.39 is 0 Å². The molecule has 10 rings (SSSR count). The van der Waals surface area contributed by atoms with Crippen LogP contribution in [0.15, 0.2) is 125 Å². The highest BCUT2D eigenvalue weighted by Gasteiger charge is 2.51. The first kappa shape index (κ1) is 29.5. The first-order valence-electron chi connectivity index (χ1n) is 18.7. The lowest BCUT2D eigenvalue weighted by Gasteiger charge is -2.35. The van der Waals surface area contributed by atoms with Crippen LogP contribution in [-0.4, -0.2) is 0 Å². The summed E-state index contributed by atoms with van der Waals surface area (Å²) in [5.41, 5.74) is 24.4. The molecular weight excluding hydrogens is 589 g/mol. The molecular formula is C49H46. The van der Waals surface area contributed by atoms with E-state index in [1.165, 1.54) is 57.0 Å². The zero-order valence-electron chi connectivity index (χ0n) is 30.0. The Morgan fingerprint density at radius 2 is 1.12 bits per heavy atom. The third kappa shape index (κ3) is 3.92. The standard InChI is InChI=1S/C49H46/c1-47(2)41-25-33(30-15-11-8-12-16-30)19-20-35(41)39-27-44-40(28-43(39)47)37-22-21-36-38-24-32-18-17-31(29-13-9-7-10-14-29)23-34(32)26-42(38)48(3,4)45(36)46(37)49(44,5)6/h7-11,13-15,17-18,23-28H,12,16,19-22H2,1-6H3. The van der Waals surface area contributed by atoms with Crippen molar-refractivity contribution in [3.05, 3.63) is 158 Å². The molecule has 0 bridgehead atoms. The lowest BCUT2D eigenvalue weighted by atomic mass is 9.67. The maximum atomic E-state index is 2.66. The molecule has 0 radical (unpaired) electrons. The van der Waals surface area contributed by atoms with Crippen LogP contribution in [0, 0.1) is 0 Å². The van der Waals surface area contributed by atoms with E-state index in [9.17, 15) is 0 Å². The van der Waals surface area contributed by atoms with Crippen LogP contribution in [0.4, 0.5) is 0 Å². The van der Waals surface area contributed by atoms with Gasteiger partial charge in [0.05, 0.1) is 0 Å². The molecule has 242 valence electrons. The van der Waals surface area contributed by atoms with Gasteiger partial charge in [-0.2, -0.15) is 0 Å². The summed E-state index contributed by atoms with van der Waals surface area (Å²) in [4.78, 5) is 0. The van der Waals surface area contributed by atoms with Gasteiger partial charge < -0.3 is 0 Å². The maximum absolute atomic E-state index is 2.66. The second-order valence-electron chi connectivity index (χ2n) is 17.1. The van der Waals surface area contributed by atoms with Gasteiger partial charge in [-0.3, -0.25) is 0 Å². The van der Waals surface area contributed by atoms with E-state index in [0.29, 0.717) is 0 Å².